The normalized spacial score (nSPS) is 19.3. The molecule has 0 radical (unpaired) electrons. The lowest BCUT2D eigenvalue weighted by molar-refractivity contribution is 0.475. The zero-order valence-electron chi connectivity index (χ0n) is 11.7. The van der Waals surface area contributed by atoms with Crippen LogP contribution in [0.5, 0.6) is 5.75 Å². The van der Waals surface area contributed by atoms with Crippen molar-refractivity contribution in [1.82, 2.24) is 20.5 Å². The van der Waals surface area contributed by atoms with Crippen molar-refractivity contribution in [3.63, 3.8) is 0 Å². The molecule has 1 atom stereocenters. The summed E-state index contributed by atoms with van der Waals surface area (Å²) in [5, 5.41) is 20.2. The number of H-pyrrole nitrogens is 1. The number of aromatic hydroxyl groups is 1. The maximum Gasteiger partial charge on any atom is 0.245 e. The molecule has 6 nitrogen and oxygen atoms in total. The number of aromatic amines is 1. The van der Waals surface area contributed by atoms with E-state index in [1.807, 2.05) is 13.0 Å². The molecule has 2 aromatic rings. The average Bonchev–Trinajstić information content (AvgIpc) is 2.88. The zero-order chi connectivity index (χ0) is 14.1. The minimum absolute atomic E-state index is 0.266. The van der Waals surface area contributed by atoms with Crippen molar-refractivity contribution >= 4 is 5.95 Å². The third kappa shape index (κ3) is 2.46. The Morgan fingerprint density at radius 3 is 3.00 bits per heavy atom. The van der Waals surface area contributed by atoms with E-state index in [9.17, 15) is 5.11 Å². The molecule has 1 aliphatic rings. The van der Waals surface area contributed by atoms with Gasteiger partial charge in [-0.2, -0.15) is 4.98 Å². The van der Waals surface area contributed by atoms with Crippen LogP contribution in [-0.4, -0.2) is 46.0 Å². The Balaban J connectivity index is 1.86. The van der Waals surface area contributed by atoms with Crippen LogP contribution >= 0.6 is 0 Å². The first kappa shape index (κ1) is 12.9. The zero-order valence-corrected chi connectivity index (χ0v) is 11.7. The molecule has 3 rings (SSSR count). The van der Waals surface area contributed by atoms with Crippen LogP contribution in [0.25, 0.3) is 11.4 Å². The van der Waals surface area contributed by atoms with E-state index in [-0.39, 0.29) is 5.75 Å². The first-order valence-corrected chi connectivity index (χ1v) is 6.84. The van der Waals surface area contributed by atoms with E-state index < -0.39 is 0 Å². The number of nitrogens with zero attached hydrogens (tertiary/aromatic N) is 3. The number of nitrogens with one attached hydrogen (secondary N) is 2. The number of phenolic OH excluding ortho intramolecular Hbond substituents is 1. The molecule has 1 aliphatic heterocycles. The lowest BCUT2D eigenvalue weighted by Gasteiger charge is -2.30. The monoisotopic (exact) mass is 273 g/mol. The summed E-state index contributed by atoms with van der Waals surface area (Å²) in [7, 11) is 0. The summed E-state index contributed by atoms with van der Waals surface area (Å²) in [6, 6.07) is 5.69. The van der Waals surface area contributed by atoms with Gasteiger partial charge in [-0.1, -0.05) is 0 Å². The Morgan fingerprint density at radius 2 is 2.25 bits per heavy atom. The van der Waals surface area contributed by atoms with Crippen molar-refractivity contribution in [2.45, 2.75) is 19.9 Å². The molecule has 20 heavy (non-hydrogen) atoms. The van der Waals surface area contributed by atoms with Gasteiger partial charge in [-0.25, -0.2) is 0 Å². The lowest BCUT2D eigenvalue weighted by Crippen LogP contribution is -2.49. The summed E-state index contributed by atoms with van der Waals surface area (Å²) in [5.74, 6) is 1.74. The summed E-state index contributed by atoms with van der Waals surface area (Å²) >= 11 is 0. The smallest absolute Gasteiger partial charge is 0.245 e. The van der Waals surface area contributed by atoms with Crippen molar-refractivity contribution in [3.05, 3.63) is 23.8 Å². The van der Waals surface area contributed by atoms with E-state index >= 15 is 0 Å². The predicted octanol–water partition coefficient (Wildman–Crippen LogP) is 1.28. The lowest BCUT2D eigenvalue weighted by atomic mass is 10.1. The Morgan fingerprint density at radius 1 is 1.40 bits per heavy atom. The van der Waals surface area contributed by atoms with Gasteiger partial charge in [-0.15, -0.1) is 5.10 Å². The number of hydrogen-bond acceptors (Lipinski definition) is 5. The van der Waals surface area contributed by atoms with Gasteiger partial charge in [0.05, 0.1) is 0 Å². The molecule has 1 saturated heterocycles. The standard InChI is InChI=1S/C14H19N5O/c1-9-7-11(20)3-4-12(9)13-16-14(18-17-13)19-6-5-15-10(2)8-19/h3-4,7,10,15,20H,5-6,8H2,1-2H3,(H,16,17,18)/t10-/m1/s1. The van der Waals surface area contributed by atoms with Crippen molar-refractivity contribution < 1.29 is 5.11 Å². The molecule has 0 spiro atoms. The number of hydrogen-bond donors (Lipinski definition) is 3. The van der Waals surface area contributed by atoms with Gasteiger partial charge in [0.25, 0.3) is 0 Å². The van der Waals surface area contributed by atoms with Crippen molar-refractivity contribution in [1.29, 1.82) is 0 Å². The molecule has 2 heterocycles. The number of piperazine rings is 1. The van der Waals surface area contributed by atoms with Crippen LogP contribution in [0.4, 0.5) is 5.95 Å². The third-order valence-corrected chi connectivity index (χ3v) is 3.59. The molecule has 0 bridgehead atoms. The van der Waals surface area contributed by atoms with Crippen LogP contribution in [0.15, 0.2) is 18.2 Å². The van der Waals surface area contributed by atoms with Gasteiger partial charge in [0.15, 0.2) is 5.82 Å². The minimum atomic E-state index is 0.266. The molecule has 0 saturated carbocycles. The highest BCUT2D eigenvalue weighted by molar-refractivity contribution is 5.62. The minimum Gasteiger partial charge on any atom is -0.508 e. The molecular formula is C14H19N5O. The fourth-order valence-electron chi connectivity index (χ4n) is 2.54. The molecule has 106 valence electrons. The van der Waals surface area contributed by atoms with E-state index in [0.29, 0.717) is 6.04 Å². The van der Waals surface area contributed by atoms with Gasteiger partial charge in [-0.3, -0.25) is 5.10 Å². The number of anilines is 1. The highest BCUT2D eigenvalue weighted by Crippen LogP contribution is 2.25. The highest BCUT2D eigenvalue weighted by Gasteiger charge is 2.19. The molecule has 0 unspecified atom stereocenters. The Labute approximate surface area is 117 Å². The maximum absolute atomic E-state index is 9.46. The molecular weight excluding hydrogens is 254 g/mol. The van der Waals surface area contributed by atoms with Crippen LogP contribution in [0.2, 0.25) is 0 Å². The summed E-state index contributed by atoms with van der Waals surface area (Å²) in [4.78, 5) is 6.76. The second-order valence-electron chi connectivity index (χ2n) is 5.28. The van der Waals surface area contributed by atoms with Gasteiger partial charge in [0.2, 0.25) is 5.95 Å². The SMILES string of the molecule is Cc1cc(O)ccc1-c1nc(N2CCN[C@H](C)C2)n[nH]1. The van der Waals surface area contributed by atoms with Crippen molar-refractivity contribution in [3.8, 4) is 17.1 Å². The van der Waals surface area contributed by atoms with E-state index in [1.165, 1.54) is 0 Å². The third-order valence-electron chi connectivity index (χ3n) is 3.59. The van der Waals surface area contributed by atoms with E-state index in [4.69, 9.17) is 0 Å². The largest absolute Gasteiger partial charge is 0.508 e. The number of aromatic nitrogens is 3. The topological polar surface area (TPSA) is 77.1 Å². The molecule has 6 heteroatoms. The van der Waals surface area contributed by atoms with Gasteiger partial charge < -0.3 is 15.3 Å². The molecule has 1 aromatic heterocycles. The first-order valence-electron chi connectivity index (χ1n) is 6.84. The van der Waals surface area contributed by atoms with E-state index in [2.05, 4.69) is 32.3 Å². The fourth-order valence-corrected chi connectivity index (χ4v) is 2.54. The Bertz CT molecular complexity index is 609. The van der Waals surface area contributed by atoms with Gasteiger partial charge in [0, 0.05) is 31.2 Å². The van der Waals surface area contributed by atoms with Crippen molar-refractivity contribution in [2.75, 3.05) is 24.5 Å². The molecule has 0 amide bonds. The Hall–Kier alpha value is -2.08. The second-order valence-corrected chi connectivity index (χ2v) is 5.28. The first-order chi connectivity index (χ1) is 9.63. The molecule has 3 N–H and O–H groups in total. The highest BCUT2D eigenvalue weighted by atomic mass is 16.3. The van der Waals surface area contributed by atoms with Crippen LogP contribution in [0, 0.1) is 6.92 Å². The van der Waals surface area contributed by atoms with Crippen LogP contribution in [-0.2, 0) is 0 Å². The quantitative estimate of drug-likeness (QED) is 0.768. The number of phenols is 1. The summed E-state index contributed by atoms with van der Waals surface area (Å²) in [6.07, 6.45) is 0. The second kappa shape index (κ2) is 5.13. The number of benzene rings is 1. The van der Waals surface area contributed by atoms with Crippen molar-refractivity contribution in [2.24, 2.45) is 0 Å². The number of aryl methyl sites for hydroxylation is 1. The van der Waals surface area contributed by atoms with Gasteiger partial charge in [0.1, 0.15) is 5.75 Å². The summed E-state index contributed by atoms with van der Waals surface area (Å²) in [5.41, 5.74) is 1.94. The maximum atomic E-state index is 9.46. The summed E-state index contributed by atoms with van der Waals surface area (Å²) in [6.45, 7) is 6.87. The molecule has 0 aliphatic carbocycles. The van der Waals surface area contributed by atoms with Gasteiger partial charge in [-0.05, 0) is 37.6 Å². The summed E-state index contributed by atoms with van der Waals surface area (Å²) < 4.78 is 0. The van der Waals surface area contributed by atoms with Crippen LogP contribution in [0.3, 0.4) is 0 Å². The van der Waals surface area contributed by atoms with Crippen LogP contribution in [0.1, 0.15) is 12.5 Å². The molecule has 1 fully saturated rings. The predicted molar refractivity (Wildman–Crippen MR) is 77.9 cm³/mol. The van der Waals surface area contributed by atoms with E-state index in [1.54, 1.807) is 12.1 Å². The van der Waals surface area contributed by atoms with Gasteiger partial charge >= 0.3 is 0 Å². The average molecular weight is 273 g/mol. The van der Waals surface area contributed by atoms with Crippen LogP contribution < -0.4 is 10.2 Å². The fraction of sp³-hybridized carbons (Fsp3) is 0.429. The number of rotatable bonds is 2. The molecule has 1 aromatic carbocycles. The Kier molecular flexibility index (Phi) is 3.31. The van der Waals surface area contributed by atoms with E-state index in [0.717, 1.165) is 42.5 Å².